The predicted octanol–water partition coefficient (Wildman–Crippen LogP) is 4.12. The standard InChI is InChI=1S/C26H32N4O3S/c27-24(28)19-9-6-8-18(16-19)23-25(31)30(21-11-2-3-12-22(21)34-23)15-5-1-4-13-29-14-7-10-20(17-29)26(32)33/h2-3,6,8-9,11-12,16,20,23H,1,4-5,7,10,13-15,17H2,(H3,27,28)(H,32,33). The van der Waals surface area contributed by atoms with Crippen LogP contribution in [0.4, 0.5) is 5.69 Å². The van der Waals surface area contributed by atoms with Crippen molar-refractivity contribution in [2.24, 2.45) is 11.7 Å². The zero-order valence-corrected chi connectivity index (χ0v) is 20.1. The lowest BCUT2D eigenvalue weighted by Crippen LogP contribution is -2.39. The quantitative estimate of drug-likeness (QED) is 0.283. The van der Waals surface area contributed by atoms with Gasteiger partial charge in [0.1, 0.15) is 11.1 Å². The van der Waals surface area contributed by atoms with E-state index in [0.29, 0.717) is 18.7 Å². The van der Waals surface area contributed by atoms with Crippen molar-refractivity contribution in [3.8, 4) is 0 Å². The van der Waals surface area contributed by atoms with E-state index in [1.807, 2.05) is 41.3 Å². The maximum absolute atomic E-state index is 13.5. The van der Waals surface area contributed by atoms with Crippen molar-refractivity contribution in [3.05, 3.63) is 59.7 Å². The highest BCUT2D eigenvalue weighted by atomic mass is 32.2. The first-order valence-corrected chi connectivity index (χ1v) is 12.8. The second-order valence-electron chi connectivity index (χ2n) is 9.03. The third kappa shape index (κ3) is 5.62. The molecule has 0 saturated carbocycles. The number of likely N-dealkylation sites (tertiary alicyclic amines) is 1. The number of hydrogen-bond donors (Lipinski definition) is 3. The van der Waals surface area contributed by atoms with E-state index >= 15 is 0 Å². The number of carboxylic acid groups (broad SMARTS) is 1. The Morgan fingerprint density at radius 3 is 2.71 bits per heavy atom. The first-order valence-electron chi connectivity index (χ1n) is 11.9. The molecule has 0 spiro atoms. The van der Waals surface area contributed by atoms with Crippen molar-refractivity contribution >= 4 is 35.2 Å². The number of piperidine rings is 1. The number of fused-ring (bicyclic) bond motifs is 1. The molecule has 2 aromatic carbocycles. The number of nitrogens with zero attached hydrogens (tertiary/aromatic N) is 2. The molecule has 2 aromatic rings. The second-order valence-corrected chi connectivity index (χ2v) is 10.2. The largest absolute Gasteiger partial charge is 0.481 e. The number of para-hydroxylation sites is 1. The summed E-state index contributed by atoms with van der Waals surface area (Å²) >= 11 is 1.55. The van der Waals surface area contributed by atoms with Crippen molar-refractivity contribution in [2.45, 2.75) is 42.2 Å². The van der Waals surface area contributed by atoms with Gasteiger partial charge in [-0.05, 0) is 62.5 Å². The minimum atomic E-state index is -0.687. The summed E-state index contributed by atoms with van der Waals surface area (Å²) in [4.78, 5) is 30.1. The van der Waals surface area contributed by atoms with E-state index in [1.54, 1.807) is 17.8 Å². The number of carbonyl (C=O) groups excluding carboxylic acids is 1. The van der Waals surface area contributed by atoms with Gasteiger partial charge in [0.05, 0.1) is 11.6 Å². The molecule has 2 atom stereocenters. The average molecular weight is 481 g/mol. The number of nitrogen functional groups attached to an aromatic ring is 1. The van der Waals surface area contributed by atoms with Crippen LogP contribution in [0.1, 0.15) is 48.5 Å². The minimum Gasteiger partial charge on any atom is -0.481 e. The van der Waals surface area contributed by atoms with Crippen LogP contribution in [0.15, 0.2) is 53.4 Å². The van der Waals surface area contributed by atoms with E-state index in [-0.39, 0.29) is 22.9 Å². The summed E-state index contributed by atoms with van der Waals surface area (Å²) < 4.78 is 0. The third-order valence-electron chi connectivity index (χ3n) is 6.60. The Hall–Kier alpha value is -2.84. The molecular weight excluding hydrogens is 448 g/mol. The monoisotopic (exact) mass is 480 g/mol. The first-order chi connectivity index (χ1) is 16.4. The Morgan fingerprint density at radius 1 is 1.12 bits per heavy atom. The average Bonchev–Trinajstić information content (AvgIpc) is 2.85. The molecule has 7 nitrogen and oxygen atoms in total. The maximum atomic E-state index is 13.5. The molecule has 1 fully saturated rings. The number of carbonyl (C=O) groups is 2. The van der Waals surface area contributed by atoms with Gasteiger partial charge in [0.25, 0.3) is 0 Å². The van der Waals surface area contributed by atoms with Gasteiger partial charge in [0, 0.05) is 23.5 Å². The highest BCUT2D eigenvalue weighted by Gasteiger charge is 2.34. The lowest BCUT2D eigenvalue weighted by molar-refractivity contribution is -0.143. The molecule has 2 aliphatic rings. The Morgan fingerprint density at radius 2 is 1.91 bits per heavy atom. The fourth-order valence-corrected chi connectivity index (χ4v) is 5.99. The molecule has 0 aromatic heterocycles. The van der Waals surface area contributed by atoms with Gasteiger partial charge >= 0.3 is 5.97 Å². The number of amides is 1. The zero-order chi connectivity index (χ0) is 24.1. The van der Waals surface area contributed by atoms with Crippen molar-refractivity contribution in [1.82, 2.24) is 4.90 Å². The molecule has 0 radical (unpaired) electrons. The molecule has 0 bridgehead atoms. The van der Waals surface area contributed by atoms with Gasteiger partial charge in [0.2, 0.25) is 5.91 Å². The van der Waals surface area contributed by atoms with Crippen molar-refractivity contribution in [1.29, 1.82) is 5.41 Å². The summed E-state index contributed by atoms with van der Waals surface area (Å²) in [6.07, 6.45) is 4.59. The molecule has 180 valence electrons. The Balaban J connectivity index is 1.38. The lowest BCUT2D eigenvalue weighted by atomic mass is 9.98. The predicted molar refractivity (Wildman–Crippen MR) is 136 cm³/mol. The van der Waals surface area contributed by atoms with Gasteiger partial charge in [-0.1, -0.05) is 36.8 Å². The van der Waals surface area contributed by atoms with Gasteiger partial charge < -0.3 is 20.6 Å². The number of aliphatic carboxylic acids is 1. The molecule has 4 rings (SSSR count). The fourth-order valence-electron chi connectivity index (χ4n) is 4.77. The number of anilines is 1. The number of thioether (sulfide) groups is 1. The number of nitrogens with two attached hydrogens (primary N) is 1. The van der Waals surface area contributed by atoms with Crippen LogP contribution >= 0.6 is 11.8 Å². The number of benzene rings is 2. The molecular formula is C26H32N4O3S. The Bertz CT molecular complexity index is 1060. The normalized spacial score (nSPS) is 20.7. The minimum absolute atomic E-state index is 0.00394. The summed E-state index contributed by atoms with van der Waals surface area (Å²) in [5.74, 6) is -0.874. The van der Waals surface area contributed by atoms with Crippen LogP contribution in [0.2, 0.25) is 0 Å². The second kappa shape index (κ2) is 11.1. The Labute approximate surface area is 204 Å². The van der Waals surface area contributed by atoms with Crippen LogP contribution in [0.25, 0.3) is 0 Å². The maximum Gasteiger partial charge on any atom is 0.307 e. The van der Waals surface area contributed by atoms with Crippen LogP contribution in [-0.2, 0) is 9.59 Å². The van der Waals surface area contributed by atoms with E-state index in [9.17, 15) is 14.7 Å². The molecule has 4 N–H and O–H groups in total. The molecule has 8 heteroatoms. The van der Waals surface area contributed by atoms with Gasteiger partial charge in [0.15, 0.2) is 0 Å². The van der Waals surface area contributed by atoms with E-state index in [1.165, 1.54) is 0 Å². The van der Waals surface area contributed by atoms with E-state index in [4.69, 9.17) is 11.1 Å². The van der Waals surface area contributed by atoms with Crippen molar-refractivity contribution < 1.29 is 14.7 Å². The number of carboxylic acids is 1. The summed E-state index contributed by atoms with van der Waals surface area (Å²) in [6.45, 7) is 3.17. The van der Waals surface area contributed by atoms with Gasteiger partial charge in [-0.25, -0.2) is 0 Å². The summed E-state index contributed by atoms with van der Waals surface area (Å²) in [7, 11) is 0. The third-order valence-corrected chi connectivity index (χ3v) is 7.91. The zero-order valence-electron chi connectivity index (χ0n) is 19.3. The SMILES string of the molecule is N=C(N)c1cccc(C2Sc3ccccc3N(CCCCCN3CCCC(C(=O)O)C3)C2=O)c1. The number of rotatable bonds is 9. The van der Waals surface area contributed by atoms with Crippen LogP contribution in [0.5, 0.6) is 0 Å². The van der Waals surface area contributed by atoms with Gasteiger partial charge in [-0.15, -0.1) is 11.8 Å². The number of nitrogens with one attached hydrogen (secondary N) is 1. The van der Waals surface area contributed by atoms with Crippen LogP contribution in [0, 0.1) is 11.3 Å². The van der Waals surface area contributed by atoms with Crippen LogP contribution < -0.4 is 10.6 Å². The van der Waals surface area contributed by atoms with E-state index in [0.717, 1.165) is 61.3 Å². The molecule has 2 aliphatic heterocycles. The van der Waals surface area contributed by atoms with Gasteiger partial charge in [-0.3, -0.25) is 15.0 Å². The lowest BCUT2D eigenvalue weighted by Gasteiger charge is -2.34. The Kier molecular flexibility index (Phi) is 7.90. The fraction of sp³-hybridized carbons (Fsp3) is 0.423. The molecule has 1 amide bonds. The molecule has 1 saturated heterocycles. The highest BCUT2D eigenvalue weighted by Crippen LogP contribution is 2.46. The number of amidine groups is 1. The van der Waals surface area contributed by atoms with Crippen LogP contribution in [-0.4, -0.2) is 53.9 Å². The van der Waals surface area contributed by atoms with Gasteiger partial charge in [-0.2, -0.15) is 0 Å². The first kappa shape index (κ1) is 24.3. The topological polar surface area (TPSA) is 111 Å². The van der Waals surface area contributed by atoms with Crippen molar-refractivity contribution in [2.75, 3.05) is 31.1 Å². The summed E-state index contributed by atoms with van der Waals surface area (Å²) in [5, 5.41) is 16.6. The highest BCUT2D eigenvalue weighted by molar-refractivity contribution is 8.00. The van der Waals surface area contributed by atoms with Crippen molar-refractivity contribution in [3.63, 3.8) is 0 Å². The molecule has 2 heterocycles. The summed E-state index contributed by atoms with van der Waals surface area (Å²) in [5.41, 5.74) is 8.11. The molecule has 2 unspecified atom stereocenters. The number of unbranched alkanes of at least 4 members (excludes halogenated alkanes) is 2. The molecule has 34 heavy (non-hydrogen) atoms. The number of hydrogen-bond acceptors (Lipinski definition) is 5. The smallest absolute Gasteiger partial charge is 0.307 e. The molecule has 0 aliphatic carbocycles. The summed E-state index contributed by atoms with van der Waals surface area (Å²) in [6, 6.07) is 15.4. The van der Waals surface area contributed by atoms with E-state index < -0.39 is 5.97 Å². The van der Waals surface area contributed by atoms with E-state index in [2.05, 4.69) is 11.0 Å². The van der Waals surface area contributed by atoms with Crippen LogP contribution in [0.3, 0.4) is 0 Å².